The van der Waals surface area contributed by atoms with Gasteiger partial charge in [0, 0.05) is 10.9 Å². The Hall–Kier alpha value is -2.87. The van der Waals surface area contributed by atoms with Gasteiger partial charge in [0.1, 0.15) is 11.6 Å². The molecule has 32 heavy (non-hydrogen) atoms. The molecule has 1 aliphatic rings. The van der Waals surface area contributed by atoms with Crippen molar-refractivity contribution in [3.63, 3.8) is 0 Å². The zero-order valence-electron chi connectivity index (χ0n) is 17.7. The van der Waals surface area contributed by atoms with E-state index in [1.54, 1.807) is 18.2 Å². The number of hydrogen-bond acceptors (Lipinski definition) is 0. The van der Waals surface area contributed by atoms with Gasteiger partial charge in [0.05, 0.1) is 11.1 Å². The van der Waals surface area contributed by atoms with Crippen molar-refractivity contribution in [1.29, 1.82) is 0 Å². The van der Waals surface area contributed by atoms with Gasteiger partial charge in [-0.25, -0.2) is 8.78 Å². The summed E-state index contributed by atoms with van der Waals surface area (Å²) in [6, 6.07) is 11.6. The smallest absolute Gasteiger partial charge is 0.206 e. The van der Waals surface area contributed by atoms with Crippen LogP contribution in [0.25, 0.3) is 10.8 Å². The molecule has 0 aliphatic heterocycles. The molecule has 166 valence electrons. The van der Waals surface area contributed by atoms with Crippen LogP contribution in [0.2, 0.25) is 0 Å². The van der Waals surface area contributed by atoms with E-state index in [-0.39, 0.29) is 11.1 Å². The molecule has 0 radical (unpaired) electrons. The molecule has 0 unspecified atom stereocenters. The fourth-order valence-electron chi connectivity index (χ4n) is 4.53. The maximum atomic E-state index is 15.0. The van der Waals surface area contributed by atoms with Crippen LogP contribution in [0.5, 0.6) is 0 Å². The van der Waals surface area contributed by atoms with Crippen molar-refractivity contribution in [2.24, 2.45) is 5.92 Å². The fourth-order valence-corrected chi connectivity index (χ4v) is 4.53. The van der Waals surface area contributed by atoms with Crippen molar-refractivity contribution < 1.29 is 22.0 Å². The maximum absolute atomic E-state index is 15.0. The normalized spacial score (nSPS) is 18.9. The van der Waals surface area contributed by atoms with Crippen LogP contribution in [0, 0.1) is 29.4 Å². The Balaban J connectivity index is 1.58. The van der Waals surface area contributed by atoms with Gasteiger partial charge in [-0.3, -0.25) is 0 Å². The molecule has 0 N–H and O–H groups in total. The molecule has 0 amide bonds. The highest BCUT2D eigenvalue weighted by Gasteiger charge is 2.33. The Bertz CT molecular complexity index is 1190. The third kappa shape index (κ3) is 4.65. The van der Waals surface area contributed by atoms with Gasteiger partial charge in [0.15, 0.2) is 0 Å². The topological polar surface area (TPSA) is 0 Å². The Morgan fingerprint density at radius 3 is 2.28 bits per heavy atom. The van der Waals surface area contributed by atoms with E-state index in [1.807, 2.05) is 12.1 Å². The summed E-state index contributed by atoms with van der Waals surface area (Å²) in [6.45, 7) is 2.23. The Labute approximate surface area is 184 Å². The summed E-state index contributed by atoms with van der Waals surface area (Å²) in [6.07, 6.45) is 1.21. The molecular formula is C27H23F5. The summed E-state index contributed by atoms with van der Waals surface area (Å²) in [5, 5.41) is 1.24. The van der Waals surface area contributed by atoms with E-state index in [1.165, 1.54) is 24.8 Å². The number of hydrogen-bond donors (Lipinski definition) is 0. The molecule has 1 saturated carbocycles. The van der Waals surface area contributed by atoms with E-state index in [9.17, 15) is 17.6 Å². The third-order valence-electron chi connectivity index (χ3n) is 6.49. The summed E-state index contributed by atoms with van der Waals surface area (Å²) in [5.41, 5.74) is 0.0477. The molecule has 0 saturated heterocycles. The zero-order chi connectivity index (χ0) is 22.9. The summed E-state index contributed by atoms with van der Waals surface area (Å²) in [7, 11) is 0. The van der Waals surface area contributed by atoms with Gasteiger partial charge < -0.3 is 0 Å². The van der Waals surface area contributed by atoms with Gasteiger partial charge in [-0.2, -0.15) is 13.2 Å². The first-order valence-corrected chi connectivity index (χ1v) is 10.9. The molecule has 0 bridgehead atoms. The lowest BCUT2D eigenvalue weighted by Gasteiger charge is -2.28. The van der Waals surface area contributed by atoms with Crippen molar-refractivity contribution in [2.75, 3.05) is 0 Å². The minimum Gasteiger partial charge on any atom is -0.206 e. The van der Waals surface area contributed by atoms with Gasteiger partial charge in [-0.1, -0.05) is 49.5 Å². The third-order valence-corrected chi connectivity index (χ3v) is 6.49. The molecule has 4 rings (SSSR count). The van der Waals surface area contributed by atoms with Crippen molar-refractivity contribution in [1.82, 2.24) is 0 Å². The van der Waals surface area contributed by atoms with Crippen molar-refractivity contribution in [3.05, 3.63) is 82.4 Å². The summed E-state index contributed by atoms with van der Waals surface area (Å²) in [5.74, 6) is 4.61. The molecule has 3 aromatic rings. The Morgan fingerprint density at radius 2 is 1.62 bits per heavy atom. The van der Waals surface area contributed by atoms with Crippen LogP contribution in [-0.4, -0.2) is 0 Å². The first-order chi connectivity index (χ1) is 15.3. The molecular weight excluding hydrogens is 419 g/mol. The largest absolute Gasteiger partial charge is 0.419 e. The highest BCUT2D eigenvalue weighted by molar-refractivity contribution is 5.85. The zero-order valence-corrected chi connectivity index (χ0v) is 17.7. The lowest BCUT2D eigenvalue weighted by Crippen LogP contribution is -2.12. The predicted molar refractivity (Wildman–Crippen MR) is 116 cm³/mol. The molecule has 1 fully saturated rings. The van der Waals surface area contributed by atoms with Gasteiger partial charge in [0.2, 0.25) is 0 Å². The number of alkyl halides is 3. The number of benzene rings is 3. The molecule has 0 spiro atoms. The quantitative estimate of drug-likeness (QED) is 0.277. The highest BCUT2D eigenvalue weighted by Crippen LogP contribution is 2.38. The summed E-state index contributed by atoms with van der Waals surface area (Å²) in [4.78, 5) is 0. The van der Waals surface area contributed by atoms with Gasteiger partial charge >= 0.3 is 6.18 Å². The van der Waals surface area contributed by atoms with Crippen LogP contribution in [0.15, 0.2) is 48.5 Å². The minimum atomic E-state index is -4.77. The Kier molecular flexibility index (Phi) is 6.24. The van der Waals surface area contributed by atoms with Crippen molar-refractivity contribution >= 4 is 10.8 Å². The van der Waals surface area contributed by atoms with E-state index in [2.05, 4.69) is 18.8 Å². The van der Waals surface area contributed by atoms with Crippen LogP contribution in [0.1, 0.15) is 67.2 Å². The molecule has 3 aromatic carbocycles. The predicted octanol–water partition coefficient (Wildman–Crippen LogP) is 8.22. The second-order valence-electron chi connectivity index (χ2n) is 8.48. The van der Waals surface area contributed by atoms with Gasteiger partial charge in [0.25, 0.3) is 0 Å². The molecule has 5 heteroatoms. The second-order valence-corrected chi connectivity index (χ2v) is 8.48. The average Bonchev–Trinajstić information content (AvgIpc) is 2.77. The van der Waals surface area contributed by atoms with Gasteiger partial charge in [-0.05, 0) is 72.7 Å². The standard InChI is InChI=1S/C27H23F5/c1-2-17-3-7-19(8-4-17)21-12-13-23-22(16-21)11-10-20(26(23)29)9-5-18-6-14-24(25(28)15-18)27(30,31)32/h6,10-17,19H,2-4,7-8H2,1H3. The lowest BCUT2D eigenvalue weighted by molar-refractivity contribution is -0.140. The number of rotatable bonds is 2. The van der Waals surface area contributed by atoms with E-state index in [0.29, 0.717) is 23.4 Å². The van der Waals surface area contributed by atoms with Crippen LogP contribution >= 0.6 is 0 Å². The lowest BCUT2D eigenvalue weighted by atomic mass is 9.77. The van der Waals surface area contributed by atoms with E-state index < -0.39 is 23.4 Å². The van der Waals surface area contributed by atoms with Crippen molar-refractivity contribution in [3.8, 4) is 11.8 Å². The van der Waals surface area contributed by atoms with Crippen LogP contribution in [0.4, 0.5) is 22.0 Å². The molecule has 0 aromatic heterocycles. The van der Waals surface area contributed by atoms with E-state index in [4.69, 9.17) is 0 Å². The van der Waals surface area contributed by atoms with Gasteiger partial charge in [-0.15, -0.1) is 0 Å². The molecule has 0 atom stereocenters. The monoisotopic (exact) mass is 442 g/mol. The summed E-state index contributed by atoms with van der Waals surface area (Å²) < 4.78 is 66.8. The number of halogens is 5. The second kappa shape index (κ2) is 8.94. The molecule has 0 heterocycles. The first-order valence-electron chi connectivity index (χ1n) is 10.9. The van der Waals surface area contributed by atoms with Crippen LogP contribution in [-0.2, 0) is 6.18 Å². The Morgan fingerprint density at radius 1 is 0.875 bits per heavy atom. The van der Waals surface area contributed by atoms with Crippen LogP contribution < -0.4 is 0 Å². The van der Waals surface area contributed by atoms with E-state index >= 15 is 4.39 Å². The molecule has 0 nitrogen and oxygen atoms in total. The minimum absolute atomic E-state index is 0.0491. The number of fused-ring (bicyclic) bond motifs is 1. The average molecular weight is 442 g/mol. The van der Waals surface area contributed by atoms with E-state index in [0.717, 1.165) is 30.2 Å². The maximum Gasteiger partial charge on any atom is 0.419 e. The SMILES string of the molecule is CCC1CCC(c2ccc3c(F)c(C#Cc4ccc(C(F)(F)F)c(F)c4)ccc3c2)CC1. The fraction of sp³-hybridized carbons (Fsp3) is 0.333. The first kappa shape index (κ1) is 22.3. The van der Waals surface area contributed by atoms with Crippen LogP contribution in [0.3, 0.4) is 0 Å². The summed E-state index contributed by atoms with van der Waals surface area (Å²) >= 11 is 0. The van der Waals surface area contributed by atoms with Crippen molar-refractivity contribution in [2.45, 2.75) is 51.1 Å². The highest BCUT2D eigenvalue weighted by atomic mass is 19.4. The molecule has 1 aliphatic carbocycles.